The highest BCUT2D eigenvalue weighted by molar-refractivity contribution is 7.99. The minimum atomic E-state index is -0.357. The number of halogens is 2. The molecular weight excluding hydrogens is 425 g/mol. The zero-order valence-electron chi connectivity index (χ0n) is 14.9. The lowest BCUT2D eigenvalue weighted by Crippen LogP contribution is -2.23. The van der Waals surface area contributed by atoms with Crippen LogP contribution in [-0.4, -0.2) is 21.1 Å². The number of anilines is 1. The molecule has 2 heterocycles. The van der Waals surface area contributed by atoms with Gasteiger partial charge >= 0.3 is 0 Å². The van der Waals surface area contributed by atoms with Crippen molar-refractivity contribution >= 4 is 68.1 Å². The summed E-state index contributed by atoms with van der Waals surface area (Å²) >= 11 is 14.8. The van der Waals surface area contributed by atoms with Crippen LogP contribution in [0.25, 0.3) is 10.2 Å². The number of fused-ring (bicyclic) bond motifs is 1. The third kappa shape index (κ3) is 4.48. The second-order valence-electron chi connectivity index (χ2n) is 6.04. The van der Waals surface area contributed by atoms with Gasteiger partial charge in [0.1, 0.15) is 10.7 Å². The van der Waals surface area contributed by atoms with Crippen LogP contribution in [0.1, 0.15) is 23.2 Å². The van der Waals surface area contributed by atoms with Gasteiger partial charge in [-0.05, 0) is 44.5 Å². The van der Waals surface area contributed by atoms with E-state index in [4.69, 9.17) is 23.2 Å². The van der Waals surface area contributed by atoms with Gasteiger partial charge in [0.2, 0.25) is 5.91 Å². The highest BCUT2D eigenvalue weighted by atomic mass is 35.5. The van der Waals surface area contributed by atoms with E-state index < -0.39 is 0 Å². The number of thiophene rings is 1. The maximum Gasteiger partial charge on any atom is 0.259 e. The summed E-state index contributed by atoms with van der Waals surface area (Å²) < 4.78 is 0. The van der Waals surface area contributed by atoms with Gasteiger partial charge in [0, 0.05) is 9.90 Å². The van der Waals surface area contributed by atoms with Crippen molar-refractivity contribution in [3.8, 4) is 0 Å². The molecule has 3 aromatic rings. The van der Waals surface area contributed by atoms with E-state index in [9.17, 15) is 9.59 Å². The topological polar surface area (TPSA) is 74.8 Å². The molecule has 0 aliphatic carbocycles. The van der Waals surface area contributed by atoms with Crippen molar-refractivity contribution in [3.05, 3.63) is 54.9 Å². The van der Waals surface area contributed by atoms with Crippen LogP contribution >= 0.6 is 46.3 Å². The number of thioether (sulfide) groups is 1. The number of hydrogen-bond acceptors (Lipinski definition) is 5. The number of aryl methyl sites for hydroxylation is 2. The number of aromatic nitrogens is 2. The first kappa shape index (κ1) is 20.2. The van der Waals surface area contributed by atoms with Crippen molar-refractivity contribution in [1.82, 2.24) is 9.97 Å². The lowest BCUT2D eigenvalue weighted by molar-refractivity contribution is -0.115. The van der Waals surface area contributed by atoms with Crippen molar-refractivity contribution in [2.24, 2.45) is 0 Å². The second-order valence-corrected chi connectivity index (χ2v) is 9.42. The molecule has 0 aliphatic rings. The molecule has 1 amide bonds. The second kappa shape index (κ2) is 8.22. The molecular formula is C18H17Cl2N3O2S2. The Kier molecular flexibility index (Phi) is 6.15. The normalized spacial score (nSPS) is 12.3. The summed E-state index contributed by atoms with van der Waals surface area (Å²) in [5, 5.41) is 3.96. The molecule has 27 heavy (non-hydrogen) atoms. The lowest BCUT2D eigenvalue weighted by atomic mass is 10.2. The van der Waals surface area contributed by atoms with Gasteiger partial charge in [-0.1, -0.05) is 23.2 Å². The molecule has 0 saturated carbocycles. The van der Waals surface area contributed by atoms with Crippen molar-refractivity contribution in [3.63, 3.8) is 0 Å². The van der Waals surface area contributed by atoms with Crippen LogP contribution in [0.5, 0.6) is 0 Å². The van der Waals surface area contributed by atoms with Crippen LogP contribution in [0.15, 0.2) is 23.0 Å². The third-order valence-electron chi connectivity index (χ3n) is 4.12. The number of nitrogens with one attached hydrogen (secondary N) is 2. The first-order valence-electron chi connectivity index (χ1n) is 8.12. The van der Waals surface area contributed by atoms with Gasteiger partial charge in [0.05, 0.1) is 27.1 Å². The lowest BCUT2D eigenvalue weighted by Gasteiger charge is -2.13. The number of carbonyl (C=O) groups excluding carboxylic acids is 1. The average molecular weight is 442 g/mol. The minimum Gasteiger partial charge on any atom is -0.324 e. The Hall–Kier alpha value is -1.54. The van der Waals surface area contributed by atoms with Gasteiger partial charge in [-0.25, -0.2) is 4.98 Å². The molecule has 1 unspecified atom stereocenters. The summed E-state index contributed by atoms with van der Waals surface area (Å²) in [4.78, 5) is 33.9. The van der Waals surface area contributed by atoms with Gasteiger partial charge < -0.3 is 10.3 Å². The number of benzene rings is 1. The average Bonchev–Trinajstić information content (AvgIpc) is 2.89. The van der Waals surface area contributed by atoms with E-state index in [-0.39, 0.29) is 16.7 Å². The molecule has 0 saturated heterocycles. The summed E-state index contributed by atoms with van der Waals surface area (Å²) in [6.07, 6.45) is 0. The highest BCUT2D eigenvalue weighted by Crippen LogP contribution is 2.28. The molecule has 0 bridgehead atoms. The molecule has 0 aliphatic heterocycles. The van der Waals surface area contributed by atoms with Crippen LogP contribution in [0.3, 0.4) is 0 Å². The summed E-state index contributed by atoms with van der Waals surface area (Å²) in [5.41, 5.74) is 1.34. The van der Waals surface area contributed by atoms with E-state index in [1.54, 1.807) is 25.1 Å². The van der Waals surface area contributed by atoms with E-state index >= 15 is 0 Å². The molecule has 142 valence electrons. The first-order chi connectivity index (χ1) is 12.8. The Balaban J connectivity index is 1.68. The predicted molar refractivity (Wildman–Crippen MR) is 116 cm³/mol. The number of H-pyrrole nitrogens is 1. The van der Waals surface area contributed by atoms with Gasteiger partial charge in [0.25, 0.3) is 5.56 Å². The van der Waals surface area contributed by atoms with Crippen LogP contribution in [0.4, 0.5) is 5.69 Å². The van der Waals surface area contributed by atoms with E-state index in [1.807, 2.05) is 13.8 Å². The van der Waals surface area contributed by atoms with Crippen molar-refractivity contribution in [2.45, 2.75) is 31.8 Å². The van der Waals surface area contributed by atoms with Crippen LogP contribution in [0, 0.1) is 13.8 Å². The number of aromatic amines is 1. The van der Waals surface area contributed by atoms with E-state index in [0.29, 0.717) is 32.7 Å². The zero-order valence-corrected chi connectivity index (χ0v) is 18.0. The first-order valence-corrected chi connectivity index (χ1v) is 10.7. The number of amides is 1. The fourth-order valence-corrected chi connectivity index (χ4v) is 4.73. The summed E-state index contributed by atoms with van der Waals surface area (Å²) in [6.45, 7) is 5.69. The molecule has 0 radical (unpaired) electrons. The summed E-state index contributed by atoms with van der Waals surface area (Å²) in [5.74, 6) is 0.794. The Morgan fingerprint density at radius 1 is 1.37 bits per heavy atom. The summed E-state index contributed by atoms with van der Waals surface area (Å²) in [6, 6.07) is 4.90. The smallest absolute Gasteiger partial charge is 0.259 e. The predicted octanol–water partition coefficient (Wildman–Crippen LogP) is 5.17. The van der Waals surface area contributed by atoms with Crippen LogP contribution in [0.2, 0.25) is 10.0 Å². The van der Waals surface area contributed by atoms with Crippen molar-refractivity contribution in [2.75, 3.05) is 5.32 Å². The Labute approximate surface area is 174 Å². The highest BCUT2D eigenvalue weighted by Gasteiger charge is 2.17. The Morgan fingerprint density at radius 3 is 2.81 bits per heavy atom. The maximum absolute atomic E-state index is 12.4. The molecule has 1 atom stereocenters. The molecule has 9 heteroatoms. The fourth-order valence-electron chi connectivity index (χ4n) is 2.47. The zero-order chi connectivity index (χ0) is 19.7. The van der Waals surface area contributed by atoms with Gasteiger partial charge in [-0.15, -0.1) is 23.1 Å². The van der Waals surface area contributed by atoms with Crippen molar-refractivity contribution in [1.29, 1.82) is 0 Å². The molecule has 2 aromatic heterocycles. The minimum absolute atomic E-state index is 0.137. The Bertz CT molecular complexity index is 1080. The van der Waals surface area contributed by atoms with E-state index in [0.717, 1.165) is 15.3 Å². The fraction of sp³-hybridized carbons (Fsp3) is 0.278. The number of rotatable bonds is 5. The standard InChI is InChI=1S/C18H17Cl2N3O2S2/c1-8-9(2)27-18-15(8)17(25)22-14(23-18)7-26-10(3)16(24)21-13-5-4-11(19)6-12(13)20/h4-6,10H,7H2,1-3H3,(H,21,24)(H,22,23,25). The molecule has 0 fully saturated rings. The van der Waals surface area contributed by atoms with Crippen molar-refractivity contribution < 1.29 is 4.79 Å². The van der Waals surface area contributed by atoms with E-state index in [2.05, 4.69) is 15.3 Å². The Morgan fingerprint density at radius 2 is 2.11 bits per heavy atom. The van der Waals surface area contributed by atoms with Crippen LogP contribution < -0.4 is 10.9 Å². The molecule has 0 spiro atoms. The molecule has 3 rings (SSSR count). The monoisotopic (exact) mass is 441 g/mol. The number of nitrogens with zero attached hydrogens (tertiary/aromatic N) is 1. The van der Waals surface area contributed by atoms with Crippen LogP contribution in [-0.2, 0) is 10.5 Å². The number of carbonyl (C=O) groups is 1. The van der Waals surface area contributed by atoms with Gasteiger partial charge in [0.15, 0.2) is 0 Å². The number of hydrogen-bond donors (Lipinski definition) is 2. The summed E-state index contributed by atoms with van der Waals surface area (Å²) in [7, 11) is 0. The van der Waals surface area contributed by atoms with Gasteiger partial charge in [-0.2, -0.15) is 0 Å². The molecule has 1 aromatic carbocycles. The largest absolute Gasteiger partial charge is 0.324 e. The molecule has 2 N–H and O–H groups in total. The van der Waals surface area contributed by atoms with E-state index in [1.165, 1.54) is 23.1 Å². The maximum atomic E-state index is 12.4. The van der Waals surface area contributed by atoms with Gasteiger partial charge in [-0.3, -0.25) is 9.59 Å². The quantitative estimate of drug-likeness (QED) is 0.572. The molecule has 5 nitrogen and oxygen atoms in total. The SMILES string of the molecule is Cc1sc2nc(CSC(C)C(=O)Nc3ccc(Cl)cc3Cl)[nH]c(=O)c2c1C. The third-order valence-corrected chi connectivity index (χ3v) is 6.92.